The Morgan fingerprint density at radius 3 is 2.94 bits per heavy atom. The highest BCUT2D eigenvalue weighted by Crippen LogP contribution is 2.35. The van der Waals surface area contributed by atoms with Crippen molar-refractivity contribution in [3.05, 3.63) is 36.8 Å². The standard InChI is InChI=1S/C14H18O3/c1-4-10(2)13-9-16-14(17-13)11-7-5-6-8-12(11)15-3/h2,5-8,10,13-14H,4,9H2,1,3H3. The highest BCUT2D eigenvalue weighted by atomic mass is 16.7. The molecule has 1 saturated heterocycles. The van der Waals surface area contributed by atoms with Crippen LogP contribution in [0.2, 0.25) is 0 Å². The van der Waals surface area contributed by atoms with Crippen LogP contribution < -0.4 is 4.74 Å². The van der Waals surface area contributed by atoms with E-state index in [0.717, 1.165) is 17.7 Å². The van der Waals surface area contributed by atoms with Crippen LogP contribution in [0.25, 0.3) is 0 Å². The summed E-state index contributed by atoms with van der Waals surface area (Å²) in [7, 11) is 1.64. The molecule has 0 aromatic heterocycles. The van der Waals surface area contributed by atoms with E-state index in [0.29, 0.717) is 6.61 Å². The van der Waals surface area contributed by atoms with E-state index in [4.69, 9.17) is 21.1 Å². The second-order valence-corrected chi connectivity index (χ2v) is 4.15. The number of benzene rings is 1. The van der Waals surface area contributed by atoms with Crippen molar-refractivity contribution in [1.29, 1.82) is 0 Å². The normalized spacial score (nSPS) is 25.8. The largest absolute Gasteiger partial charge is 0.496 e. The van der Waals surface area contributed by atoms with E-state index in [1.54, 1.807) is 7.11 Å². The summed E-state index contributed by atoms with van der Waals surface area (Å²) in [6.07, 6.45) is 0.482. The Labute approximate surface area is 103 Å². The molecule has 0 N–H and O–H groups in total. The Bertz CT molecular complexity index is 364. The first-order valence-electron chi connectivity index (χ1n) is 5.91. The van der Waals surface area contributed by atoms with Crippen LogP contribution in [0, 0.1) is 12.8 Å². The van der Waals surface area contributed by atoms with Gasteiger partial charge in [0.2, 0.25) is 0 Å². The highest BCUT2D eigenvalue weighted by Gasteiger charge is 2.31. The molecule has 1 aliphatic rings. The van der Waals surface area contributed by atoms with Gasteiger partial charge in [0.05, 0.1) is 19.8 Å². The quantitative estimate of drug-likeness (QED) is 0.801. The third-order valence-electron chi connectivity index (χ3n) is 3.05. The highest BCUT2D eigenvalue weighted by molar-refractivity contribution is 5.34. The zero-order valence-corrected chi connectivity index (χ0v) is 10.3. The number of hydrogen-bond acceptors (Lipinski definition) is 3. The summed E-state index contributed by atoms with van der Waals surface area (Å²) in [5.74, 6) is 0.804. The summed E-state index contributed by atoms with van der Waals surface area (Å²) in [4.78, 5) is 0. The lowest BCUT2D eigenvalue weighted by Gasteiger charge is -2.17. The molecule has 3 heteroatoms. The van der Waals surface area contributed by atoms with E-state index < -0.39 is 0 Å². The van der Waals surface area contributed by atoms with E-state index in [1.807, 2.05) is 31.2 Å². The van der Waals surface area contributed by atoms with E-state index in [2.05, 4.69) is 0 Å². The molecule has 92 valence electrons. The third-order valence-corrected chi connectivity index (χ3v) is 3.05. The van der Waals surface area contributed by atoms with Gasteiger partial charge >= 0.3 is 0 Å². The van der Waals surface area contributed by atoms with Gasteiger partial charge in [-0.25, -0.2) is 0 Å². The molecule has 0 aliphatic carbocycles. The topological polar surface area (TPSA) is 27.7 Å². The summed E-state index contributed by atoms with van der Waals surface area (Å²) in [6, 6.07) is 7.71. The van der Waals surface area contributed by atoms with E-state index in [9.17, 15) is 0 Å². The van der Waals surface area contributed by atoms with Crippen LogP contribution in [0.5, 0.6) is 5.75 Å². The average Bonchev–Trinajstić information content (AvgIpc) is 2.87. The van der Waals surface area contributed by atoms with Crippen LogP contribution in [0.15, 0.2) is 24.3 Å². The van der Waals surface area contributed by atoms with Gasteiger partial charge in [0, 0.05) is 5.56 Å². The fraction of sp³-hybridized carbons (Fsp3) is 0.500. The molecule has 0 bridgehead atoms. The fourth-order valence-corrected chi connectivity index (χ4v) is 1.93. The van der Waals surface area contributed by atoms with Gasteiger partial charge in [-0.05, 0) is 18.9 Å². The van der Waals surface area contributed by atoms with Crippen molar-refractivity contribution in [2.24, 2.45) is 5.92 Å². The molecule has 3 atom stereocenters. The second kappa shape index (κ2) is 5.52. The first-order chi connectivity index (χ1) is 8.26. The Kier molecular flexibility index (Phi) is 4.02. The van der Waals surface area contributed by atoms with Crippen LogP contribution in [0.4, 0.5) is 0 Å². The molecule has 17 heavy (non-hydrogen) atoms. The SMILES string of the molecule is [CH]C(CC)C1COC(c2ccccc2OC)O1. The third kappa shape index (κ3) is 2.61. The lowest BCUT2D eigenvalue weighted by molar-refractivity contribution is -0.0678. The molecule has 3 unspecified atom stereocenters. The summed E-state index contributed by atoms with van der Waals surface area (Å²) in [5.41, 5.74) is 0.917. The van der Waals surface area contributed by atoms with Gasteiger partial charge < -0.3 is 14.2 Å². The molecule has 3 nitrogen and oxygen atoms in total. The van der Waals surface area contributed by atoms with Crippen molar-refractivity contribution in [3.63, 3.8) is 0 Å². The minimum absolute atomic E-state index is 0.0229. The zero-order valence-electron chi connectivity index (χ0n) is 10.3. The van der Waals surface area contributed by atoms with Crippen molar-refractivity contribution in [2.75, 3.05) is 13.7 Å². The van der Waals surface area contributed by atoms with Gasteiger partial charge in [0.15, 0.2) is 6.29 Å². The van der Waals surface area contributed by atoms with Gasteiger partial charge in [0.1, 0.15) is 5.75 Å². The smallest absolute Gasteiger partial charge is 0.187 e. The number of methoxy groups -OCH3 is 1. The van der Waals surface area contributed by atoms with Gasteiger partial charge in [-0.2, -0.15) is 0 Å². The first kappa shape index (κ1) is 12.4. The van der Waals surface area contributed by atoms with Crippen molar-refractivity contribution in [1.82, 2.24) is 0 Å². The molecule has 0 saturated carbocycles. The van der Waals surface area contributed by atoms with Crippen molar-refractivity contribution in [3.8, 4) is 5.75 Å². The molecule has 1 aliphatic heterocycles. The van der Waals surface area contributed by atoms with Crippen LogP contribution in [0.3, 0.4) is 0 Å². The van der Waals surface area contributed by atoms with Crippen molar-refractivity contribution < 1.29 is 14.2 Å². The Morgan fingerprint density at radius 1 is 1.47 bits per heavy atom. The number of hydrogen-bond donors (Lipinski definition) is 0. The maximum Gasteiger partial charge on any atom is 0.187 e. The molecule has 2 radical (unpaired) electrons. The minimum atomic E-state index is -0.367. The van der Waals surface area contributed by atoms with Crippen LogP contribution in [-0.2, 0) is 9.47 Å². The second-order valence-electron chi connectivity index (χ2n) is 4.15. The zero-order chi connectivity index (χ0) is 12.3. The summed E-state index contributed by atoms with van der Waals surface area (Å²) in [5, 5.41) is 0. The predicted octanol–water partition coefficient (Wildman–Crippen LogP) is 2.85. The van der Waals surface area contributed by atoms with E-state index >= 15 is 0 Å². The number of rotatable bonds is 4. The number of ether oxygens (including phenoxy) is 3. The Hall–Kier alpha value is -1.06. The molecular weight excluding hydrogens is 216 g/mol. The predicted molar refractivity (Wildman–Crippen MR) is 64.6 cm³/mol. The van der Waals surface area contributed by atoms with E-state index in [1.165, 1.54) is 0 Å². The number of para-hydroxylation sites is 1. The van der Waals surface area contributed by atoms with Crippen molar-refractivity contribution in [2.45, 2.75) is 25.7 Å². The summed E-state index contributed by atoms with van der Waals surface area (Å²) >= 11 is 0. The van der Waals surface area contributed by atoms with Crippen molar-refractivity contribution >= 4 is 0 Å². The van der Waals surface area contributed by atoms with Crippen LogP contribution in [-0.4, -0.2) is 19.8 Å². The fourth-order valence-electron chi connectivity index (χ4n) is 1.93. The van der Waals surface area contributed by atoms with E-state index in [-0.39, 0.29) is 18.3 Å². The summed E-state index contributed by atoms with van der Waals surface area (Å²) in [6.45, 7) is 8.54. The lowest BCUT2D eigenvalue weighted by Crippen LogP contribution is -2.19. The molecule has 1 fully saturated rings. The Balaban J connectivity index is 2.09. The molecule has 2 rings (SSSR count). The molecule has 1 aromatic rings. The maximum absolute atomic E-state index is 5.95. The van der Waals surface area contributed by atoms with Gasteiger partial charge in [0.25, 0.3) is 0 Å². The lowest BCUT2D eigenvalue weighted by atomic mass is 10.0. The first-order valence-corrected chi connectivity index (χ1v) is 5.91. The average molecular weight is 234 g/mol. The van der Waals surface area contributed by atoms with Crippen LogP contribution >= 0.6 is 0 Å². The van der Waals surface area contributed by atoms with Gasteiger partial charge in [-0.15, -0.1) is 0 Å². The molecule has 1 aromatic carbocycles. The monoisotopic (exact) mass is 234 g/mol. The van der Waals surface area contributed by atoms with Gasteiger partial charge in [-0.1, -0.05) is 31.5 Å². The molecular formula is C14H18O3. The van der Waals surface area contributed by atoms with Gasteiger partial charge in [-0.3, -0.25) is 0 Å². The maximum atomic E-state index is 5.95. The molecule has 1 heterocycles. The minimum Gasteiger partial charge on any atom is -0.496 e. The molecule has 0 spiro atoms. The summed E-state index contributed by atoms with van der Waals surface area (Å²) < 4.78 is 16.7. The molecule has 0 amide bonds. The van der Waals surface area contributed by atoms with Crippen LogP contribution in [0.1, 0.15) is 25.2 Å². The Morgan fingerprint density at radius 2 is 2.24 bits per heavy atom.